The van der Waals surface area contributed by atoms with Crippen molar-refractivity contribution in [1.82, 2.24) is 4.90 Å². The van der Waals surface area contributed by atoms with Gasteiger partial charge < -0.3 is 14.9 Å². The summed E-state index contributed by atoms with van der Waals surface area (Å²) in [7, 11) is 1.35. The summed E-state index contributed by atoms with van der Waals surface area (Å²) in [6, 6.07) is 2.54. The lowest BCUT2D eigenvalue weighted by molar-refractivity contribution is -0.385. The number of benzene rings is 1. The highest BCUT2D eigenvalue weighted by Gasteiger charge is 2.22. The zero-order valence-electron chi connectivity index (χ0n) is 11.3. The molecule has 7 heteroatoms. The second-order valence-corrected chi connectivity index (χ2v) is 4.94. The van der Waals surface area contributed by atoms with Gasteiger partial charge in [0.1, 0.15) is 0 Å². The van der Waals surface area contributed by atoms with Crippen LogP contribution in [0.4, 0.5) is 5.69 Å². The topological polar surface area (TPSA) is 96.1 Å². The summed E-state index contributed by atoms with van der Waals surface area (Å²) in [4.78, 5) is 12.3. The minimum absolute atomic E-state index is 0.0850. The van der Waals surface area contributed by atoms with Gasteiger partial charge in [-0.3, -0.25) is 15.0 Å². The van der Waals surface area contributed by atoms with Crippen molar-refractivity contribution in [2.24, 2.45) is 0 Å². The largest absolute Gasteiger partial charge is 0.504 e. The summed E-state index contributed by atoms with van der Waals surface area (Å²) in [5, 5.41) is 30.6. The fourth-order valence-corrected chi connectivity index (χ4v) is 2.45. The standard InChI is InChI=1S/C13H18N2O5/c1-20-12-6-10(15(18)19)5-9(13(12)17)7-14-4-2-3-11(16)8-14/h5-6,11,16-17H,2-4,7-8H2,1H3/t11-/m0/s1. The van der Waals surface area contributed by atoms with E-state index in [4.69, 9.17) is 4.74 Å². The molecule has 0 unspecified atom stereocenters. The average Bonchev–Trinajstić information content (AvgIpc) is 2.41. The van der Waals surface area contributed by atoms with Crippen molar-refractivity contribution in [3.05, 3.63) is 27.8 Å². The molecule has 2 rings (SSSR count). The van der Waals surface area contributed by atoms with Crippen LogP contribution >= 0.6 is 0 Å². The number of aliphatic hydroxyl groups is 1. The number of aliphatic hydroxyl groups excluding tert-OH is 1. The number of hydrogen-bond acceptors (Lipinski definition) is 6. The summed E-state index contributed by atoms with van der Waals surface area (Å²) in [5.74, 6) is 0.00456. The van der Waals surface area contributed by atoms with Gasteiger partial charge in [-0.2, -0.15) is 0 Å². The molecule has 2 N–H and O–H groups in total. The van der Waals surface area contributed by atoms with Crippen molar-refractivity contribution in [3.8, 4) is 11.5 Å². The Morgan fingerprint density at radius 3 is 2.90 bits per heavy atom. The Morgan fingerprint density at radius 1 is 1.55 bits per heavy atom. The van der Waals surface area contributed by atoms with E-state index < -0.39 is 4.92 Å². The first kappa shape index (κ1) is 14.5. The van der Waals surface area contributed by atoms with E-state index in [0.717, 1.165) is 19.4 Å². The van der Waals surface area contributed by atoms with Gasteiger partial charge in [-0.05, 0) is 19.4 Å². The van der Waals surface area contributed by atoms with E-state index in [9.17, 15) is 20.3 Å². The average molecular weight is 282 g/mol. The van der Waals surface area contributed by atoms with Crippen molar-refractivity contribution < 1.29 is 19.9 Å². The number of phenolic OH excluding ortho intramolecular Hbond substituents is 1. The predicted octanol–water partition coefficient (Wildman–Crippen LogP) is 1.27. The number of nitrogens with zero attached hydrogens (tertiary/aromatic N) is 2. The molecule has 110 valence electrons. The summed E-state index contributed by atoms with van der Waals surface area (Å²) < 4.78 is 4.96. The molecule has 0 aromatic heterocycles. The first-order valence-electron chi connectivity index (χ1n) is 6.46. The van der Waals surface area contributed by atoms with Gasteiger partial charge in [0.25, 0.3) is 5.69 Å². The van der Waals surface area contributed by atoms with Crippen LogP contribution < -0.4 is 4.74 Å². The minimum Gasteiger partial charge on any atom is -0.504 e. The lowest BCUT2D eigenvalue weighted by atomic mass is 10.1. The van der Waals surface area contributed by atoms with Gasteiger partial charge >= 0.3 is 0 Å². The van der Waals surface area contributed by atoms with Crippen LogP contribution in [-0.4, -0.2) is 46.3 Å². The van der Waals surface area contributed by atoms with Gasteiger partial charge in [-0.1, -0.05) is 0 Å². The lowest BCUT2D eigenvalue weighted by Gasteiger charge is -2.30. The number of aromatic hydroxyl groups is 1. The molecule has 1 heterocycles. The summed E-state index contributed by atoms with van der Waals surface area (Å²) in [5.41, 5.74) is 0.317. The van der Waals surface area contributed by atoms with Crippen LogP contribution in [0.15, 0.2) is 12.1 Å². The third kappa shape index (κ3) is 3.17. The highest BCUT2D eigenvalue weighted by molar-refractivity contribution is 5.53. The van der Waals surface area contributed by atoms with E-state index in [1.54, 1.807) is 0 Å². The fourth-order valence-electron chi connectivity index (χ4n) is 2.45. The molecule has 0 bridgehead atoms. The van der Waals surface area contributed by atoms with Gasteiger partial charge in [0.2, 0.25) is 0 Å². The van der Waals surface area contributed by atoms with Crippen LogP contribution in [-0.2, 0) is 6.54 Å². The number of nitro groups is 1. The molecule has 0 radical (unpaired) electrons. The Kier molecular flexibility index (Phi) is 4.41. The molecule has 7 nitrogen and oxygen atoms in total. The van der Waals surface area contributed by atoms with Crippen LogP contribution in [0.1, 0.15) is 18.4 Å². The van der Waals surface area contributed by atoms with Gasteiger partial charge in [0.05, 0.1) is 24.2 Å². The molecule has 1 saturated heterocycles. The van der Waals surface area contributed by atoms with Crippen molar-refractivity contribution in [2.75, 3.05) is 20.2 Å². The number of ether oxygens (including phenoxy) is 1. The van der Waals surface area contributed by atoms with Crippen LogP contribution in [0.25, 0.3) is 0 Å². The number of methoxy groups -OCH3 is 1. The number of rotatable bonds is 4. The number of phenols is 1. The molecular formula is C13H18N2O5. The molecule has 1 aromatic rings. The number of likely N-dealkylation sites (tertiary alicyclic amines) is 1. The molecule has 1 aliphatic rings. The third-order valence-electron chi connectivity index (χ3n) is 3.44. The first-order valence-corrected chi connectivity index (χ1v) is 6.46. The third-order valence-corrected chi connectivity index (χ3v) is 3.44. The molecule has 1 fully saturated rings. The van der Waals surface area contributed by atoms with E-state index in [-0.39, 0.29) is 23.3 Å². The monoisotopic (exact) mass is 282 g/mol. The molecule has 1 atom stereocenters. The van der Waals surface area contributed by atoms with E-state index in [0.29, 0.717) is 18.7 Å². The molecule has 1 aromatic carbocycles. The van der Waals surface area contributed by atoms with Crippen molar-refractivity contribution in [3.63, 3.8) is 0 Å². The number of piperidine rings is 1. The quantitative estimate of drug-likeness (QED) is 0.637. The van der Waals surface area contributed by atoms with Crippen molar-refractivity contribution >= 4 is 5.69 Å². The molecule has 0 saturated carbocycles. The van der Waals surface area contributed by atoms with Crippen LogP contribution in [0, 0.1) is 10.1 Å². The SMILES string of the molecule is COc1cc([N+](=O)[O-])cc(CN2CCC[C@H](O)C2)c1O. The van der Waals surface area contributed by atoms with Gasteiger partial charge in [-0.25, -0.2) is 0 Å². The van der Waals surface area contributed by atoms with E-state index in [2.05, 4.69) is 0 Å². The summed E-state index contributed by atoms with van der Waals surface area (Å²) >= 11 is 0. The smallest absolute Gasteiger partial charge is 0.273 e. The molecule has 0 amide bonds. The Morgan fingerprint density at radius 2 is 2.30 bits per heavy atom. The molecule has 0 spiro atoms. The number of nitro benzene ring substituents is 1. The van der Waals surface area contributed by atoms with Crippen LogP contribution in [0.5, 0.6) is 11.5 Å². The van der Waals surface area contributed by atoms with Gasteiger partial charge in [0, 0.05) is 24.7 Å². The highest BCUT2D eigenvalue weighted by Crippen LogP contribution is 2.35. The molecular weight excluding hydrogens is 264 g/mol. The van der Waals surface area contributed by atoms with E-state index in [1.165, 1.54) is 19.2 Å². The predicted molar refractivity (Wildman–Crippen MR) is 71.8 cm³/mol. The normalized spacial score (nSPS) is 19.8. The number of β-amino-alcohol motifs (C(OH)–C–C–N with tert-alkyl or cyclic N) is 1. The van der Waals surface area contributed by atoms with Crippen LogP contribution in [0.2, 0.25) is 0 Å². The lowest BCUT2D eigenvalue weighted by Crippen LogP contribution is -2.37. The van der Waals surface area contributed by atoms with Gasteiger partial charge in [-0.15, -0.1) is 0 Å². The second kappa shape index (κ2) is 6.06. The minimum atomic E-state index is -0.517. The Hall–Kier alpha value is -1.86. The zero-order valence-corrected chi connectivity index (χ0v) is 11.3. The summed E-state index contributed by atoms with van der Waals surface area (Å²) in [6.07, 6.45) is 1.25. The van der Waals surface area contributed by atoms with E-state index in [1.807, 2.05) is 4.90 Å². The Labute approximate surface area is 116 Å². The van der Waals surface area contributed by atoms with Crippen molar-refractivity contribution in [1.29, 1.82) is 0 Å². The Bertz CT molecular complexity index is 506. The maximum absolute atomic E-state index is 10.9. The second-order valence-electron chi connectivity index (χ2n) is 4.94. The molecule has 1 aliphatic heterocycles. The van der Waals surface area contributed by atoms with Crippen LogP contribution in [0.3, 0.4) is 0 Å². The molecule has 0 aliphatic carbocycles. The summed E-state index contributed by atoms with van der Waals surface area (Å²) in [6.45, 7) is 1.65. The maximum Gasteiger partial charge on any atom is 0.273 e. The zero-order chi connectivity index (χ0) is 14.7. The first-order chi connectivity index (χ1) is 9.51. The maximum atomic E-state index is 10.9. The van der Waals surface area contributed by atoms with E-state index >= 15 is 0 Å². The van der Waals surface area contributed by atoms with Crippen molar-refractivity contribution in [2.45, 2.75) is 25.5 Å². The number of non-ortho nitro benzene ring substituents is 1. The highest BCUT2D eigenvalue weighted by atomic mass is 16.6. The number of hydrogen-bond donors (Lipinski definition) is 2. The molecule has 20 heavy (non-hydrogen) atoms. The Balaban J connectivity index is 2.25. The van der Waals surface area contributed by atoms with Gasteiger partial charge in [0.15, 0.2) is 11.5 Å². The fraction of sp³-hybridized carbons (Fsp3) is 0.538.